The van der Waals surface area contributed by atoms with E-state index in [9.17, 15) is 23.8 Å². The molecule has 1 aliphatic heterocycles. The highest BCUT2D eigenvalue weighted by atomic mass is 19.1. The van der Waals surface area contributed by atoms with Crippen LogP contribution in [0.3, 0.4) is 0 Å². The number of hydrogen-bond donors (Lipinski definition) is 2. The summed E-state index contributed by atoms with van der Waals surface area (Å²) in [7, 11) is 0. The van der Waals surface area contributed by atoms with E-state index < -0.39 is 12.0 Å². The third-order valence-electron chi connectivity index (χ3n) is 5.94. The van der Waals surface area contributed by atoms with Crippen LogP contribution in [0.4, 0.5) is 14.5 Å². The summed E-state index contributed by atoms with van der Waals surface area (Å²) in [6.45, 7) is 1.91. The predicted octanol–water partition coefficient (Wildman–Crippen LogP) is 5.13. The first-order chi connectivity index (χ1) is 14.8. The van der Waals surface area contributed by atoms with Gasteiger partial charge in [-0.25, -0.2) is 8.78 Å². The largest absolute Gasteiger partial charge is 0.508 e. The number of benzene rings is 3. The topological polar surface area (TPSA) is 60.8 Å². The van der Waals surface area contributed by atoms with Crippen molar-refractivity contribution in [1.82, 2.24) is 0 Å². The van der Waals surface area contributed by atoms with Gasteiger partial charge in [-0.1, -0.05) is 31.2 Å². The molecule has 0 aromatic heterocycles. The number of anilines is 1. The molecule has 0 saturated carbocycles. The molecule has 31 heavy (non-hydrogen) atoms. The number of aliphatic hydroxyl groups is 1. The molecule has 160 valence electrons. The first-order valence-corrected chi connectivity index (χ1v) is 10.2. The number of nitrogens with zero attached hydrogens (tertiary/aromatic N) is 1. The molecule has 3 aromatic carbocycles. The average molecular weight is 423 g/mol. The fraction of sp³-hybridized carbons (Fsp3) is 0.240. The van der Waals surface area contributed by atoms with Crippen molar-refractivity contribution in [3.8, 4) is 5.75 Å². The Hall–Kier alpha value is -3.25. The first-order valence-electron chi connectivity index (χ1n) is 10.2. The summed E-state index contributed by atoms with van der Waals surface area (Å²) in [4.78, 5) is 14.8. The van der Waals surface area contributed by atoms with Crippen LogP contribution in [0.25, 0.3) is 0 Å². The molecule has 0 spiro atoms. The molecule has 6 heteroatoms. The van der Waals surface area contributed by atoms with Crippen LogP contribution in [0.15, 0.2) is 72.8 Å². The van der Waals surface area contributed by atoms with Crippen molar-refractivity contribution in [3.63, 3.8) is 0 Å². The van der Waals surface area contributed by atoms with Crippen molar-refractivity contribution >= 4 is 11.6 Å². The van der Waals surface area contributed by atoms with Crippen LogP contribution in [0, 0.1) is 23.5 Å². The number of aromatic hydroxyl groups is 1. The van der Waals surface area contributed by atoms with Crippen molar-refractivity contribution in [3.05, 3.63) is 95.6 Å². The fourth-order valence-electron chi connectivity index (χ4n) is 4.30. The molecule has 1 saturated heterocycles. The minimum absolute atomic E-state index is 0.108. The molecule has 0 aliphatic carbocycles. The van der Waals surface area contributed by atoms with Crippen LogP contribution in [0.1, 0.15) is 36.6 Å². The van der Waals surface area contributed by atoms with Gasteiger partial charge in [0.05, 0.1) is 18.1 Å². The standard InChI is InChI=1S/C25H23F2NO3/c1-15(14-22(30)16-2-6-18(26)7-3-16)23-24(17-4-12-21(29)13-5-17)28(25(23)31)20-10-8-19(27)9-11-20/h2-13,15,22-24,29-30H,14H2,1H3/t15-,22+,23-,24-/m1/s1. The smallest absolute Gasteiger partial charge is 0.233 e. The van der Waals surface area contributed by atoms with E-state index in [1.807, 2.05) is 6.92 Å². The van der Waals surface area contributed by atoms with E-state index in [0.29, 0.717) is 17.7 Å². The van der Waals surface area contributed by atoms with Gasteiger partial charge in [-0.05, 0) is 72.0 Å². The van der Waals surface area contributed by atoms with Crippen molar-refractivity contribution in [2.24, 2.45) is 11.8 Å². The quantitative estimate of drug-likeness (QED) is 0.540. The zero-order chi connectivity index (χ0) is 22.1. The lowest BCUT2D eigenvalue weighted by atomic mass is 9.72. The fourth-order valence-corrected chi connectivity index (χ4v) is 4.30. The second-order valence-corrected chi connectivity index (χ2v) is 8.03. The number of β-lactam (4-membered cyclic amide) rings is 1. The Morgan fingerprint density at radius 3 is 2.03 bits per heavy atom. The summed E-state index contributed by atoms with van der Waals surface area (Å²) in [6, 6.07) is 17.8. The lowest BCUT2D eigenvalue weighted by molar-refractivity contribution is -0.133. The van der Waals surface area contributed by atoms with Gasteiger partial charge >= 0.3 is 0 Å². The normalized spacial score (nSPS) is 20.3. The van der Waals surface area contributed by atoms with E-state index in [1.165, 1.54) is 36.4 Å². The molecule has 4 nitrogen and oxygen atoms in total. The van der Waals surface area contributed by atoms with Crippen molar-refractivity contribution < 1.29 is 23.8 Å². The number of amides is 1. The number of carbonyl (C=O) groups excluding carboxylic acids is 1. The number of phenols is 1. The zero-order valence-electron chi connectivity index (χ0n) is 17.0. The summed E-state index contributed by atoms with van der Waals surface area (Å²) in [5.41, 5.74) is 2.03. The molecule has 0 unspecified atom stereocenters. The third-order valence-corrected chi connectivity index (χ3v) is 5.94. The molecule has 1 amide bonds. The van der Waals surface area contributed by atoms with Gasteiger partial charge in [0, 0.05) is 5.69 Å². The third kappa shape index (κ3) is 4.16. The number of hydrogen-bond acceptors (Lipinski definition) is 3. The van der Waals surface area contributed by atoms with Gasteiger partial charge in [-0.15, -0.1) is 0 Å². The minimum Gasteiger partial charge on any atom is -0.508 e. The van der Waals surface area contributed by atoms with Gasteiger partial charge in [0.2, 0.25) is 5.91 Å². The number of aliphatic hydroxyl groups excluding tert-OH is 1. The van der Waals surface area contributed by atoms with Crippen LogP contribution >= 0.6 is 0 Å². The number of carbonyl (C=O) groups is 1. The second kappa shape index (κ2) is 8.47. The van der Waals surface area contributed by atoms with Gasteiger partial charge in [0.1, 0.15) is 17.4 Å². The van der Waals surface area contributed by atoms with Crippen LogP contribution in [0.2, 0.25) is 0 Å². The molecule has 3 aromatic rings. The lowest BCUT2D eigenvalue weighted by Gasteiger charge is -2.50. The Morgan fingerprint density at radius 1 is 0.903 bits per heavy atom. The van der Waals surface area contributed by atoms with Gasteiger partial charge in [0.25, 0.3) is 0 Å². The van der Waals surface area contributed by atoms with Gasteiger partial charge < -0.3 is 15.1 Å². The number of rotatable bonds is 6. The molecular formula is C25H23F2NO3. The summed E-state index contributed by atoms with van der Waals surface area (Å²) in [5, 5.41) is 20.3. The van der Waals surface area contributed by atoms with Crippen molar-refractivity contribution in [2.75, 3.05) is 4.90 Å². The molecule has 1 aliphatic rings. The summed E-state index contributed by atoms with van der Waals surface area (Å²) < 4.78 is 26.6. The highest BCUT2D eigenvalue weighted by Gasteiger charge is 2.51. The Kier molecular flexibility index (Phi) is 5.74. The highest BCUT2D eigenvalue weighted by Crippen LogP contribution is 2.48. The van der Waals surface area contributed by atoms with E-state index >= 15 is 0 Å². The molecule has 1 fully saturated rings. The summed E-state index contributed by atoms with van der Waals surface area (Å²) in [6.07, 6.45) is -0.503. The number of phenolic OH excluding ortho intramolecular Hbond substituents is 1. The molecule has 1 heterocycles. The first kappa shape index (κ1) is 21.0. The average Bonchev–Trinajstić information content (AvgIpc) is 2.74. The van der Waals surface area contributed by atoms with E-state index in [1.54, 1.807) is 41.3 Å². The highest BCUT2D eigenvalue weighted by molar-refractivity contribution is 6.03. The van der Waals surface area contributed by atoms with Crippen molar-refractivity contribution in [2.45, 2.75) is 25.5 Å². The van der Waals surface area contributed by atoms with E-state index in [0.717, 1.165) is 5.56 Å². The zero-order valence-corrected chi connectivity index (χ0v) is 17.0. The molecule has 0 bridgehead atoms. The van der Waals surface area contributed by atoms with Crippen LogP contribution in [0.5, 0.6) is 5.75 Å². The SMILES string of the molecule is C[C@H](C[C@H](O)c1ccc(F)cc1)[C@H]1C(=O)N(c2ccc(F)cc2)[C@@H]1c1ccc(O)cc1. The summed E-state index contributed by atoms with van der Waals surface area (Å²) >= 11 is 0. The molecule has 4 rings (SSSR count). The van der Waals surface area contributed by atoms with Crippen molar-refractivity contribution in [1.29, 1.82) is 0 Å². The lowest BCUT2D eigenvalue weighted by Crippen LogP contribution is -2.57. The minimum atomic E-state index is -0.830. The van der Waals surface area contributed by atoms with E-state index in [2.05, 4.69) is 0 Å². The molecular weight excluding hydrogens is 400 g/mol. The van der Waals surface area contributed by atoms with Gasteiger partial charge in [-0.3, -0.25) is 4.79 Å². The summed E-state index contributed by atoms with van der Waals surface area (Å²) in [5.74, 6) is -1.32. The van der Waals surface area contributed by atoms with Crippen LogP contribution in [-0.4, -0.2) is 16.1 Å². The van der Waals surface area contributed by atoms with Crippen LogP contribution in [-0.2, 0) is 4.79 Å². The molecule has 2 N–H and O–H groups in total. The van der Waals surface area contributed by atoms with E-state index in [4.69, 9.17) is 0 Å². The number of halogens is 2. The maximum Gasteiger partial charge on any atom is 0.233 e. The maximum atomic E-state index is 13.4. The predicted molar refractivity (Wildman–Crippen MR) is 113 cm³/mol. The monoisotopic (exact) mass is 423 g/mol. The second-order valence-electron chi connectivity index (χ2n) is 8.03. The Labute approximate surface area is 179 Å². The van der Waals surface area contributed by atoms with E-state index in [-0.39, 0.29) is 35.3 Å². The van der Waals surface area contributed by atoms with Gasteiger partial charge in [-0.2, -0.15) is 0 Å². The Bertz CT molecular complexity index is 1050. The Morgan fingerprint density at radius 2 is 1.45 bits per heavy atom. The Balaban J connectivity index is 1.60. The van der Waals surface area contributed by atoms with Gasteiger partial charge in [0.15, 0.2) is 0 Å². The molecule has 4 atom stereocenters. The maximum absolute atomic E-state index is 13.4. The van der Waals surface area contributed by atoms with Crippen LogP contribution < -0.4 is 4.90 Å². The molecule has 0 radical (unpaired) electrons.